The van der Waals surface area contributed by atoms with Gasteiger partial charge in [0.1, 0.15) is 18.1 Å². The zero-order valence-electron chi connectivity index (χ0n) is 25.8. The van der Waals surface area contributed by atoms with Gasteiger partial charge >= 0.3 is 11.9 Å². The van der Waals surface area contributed by atoms with Gasteiger partial charge in [0.05, 0.1) is 28.3 Å². The van der Waals surface area contributed by atoms with E-state index in [0.717, 1.165) is 20.3 Å². The van der Waals surface area contributed by atoms with Crippen molar-refractivity contribution in [2.75, 3.05) is 19.7 Å². The number of fused-ring (bicyclic) bond motifs is 2. The number of quaternary nitrogens is 1. The van der Waals surface area contributed by atoms with Crippen LogP contribution in [0.2, 0.25) is 0 Å². The Morgan fingerprint density at radius 3 is 2.51 bits per heavy atom. The van der Waals surface area contributed by atoms with Gasteiger partial charge in [0, 0.05) is 24.8 Å². The predicted molar refractivity (Wildman–Crippen MR) is 179 cm³/mol. The molecule has 47 heavy (non-hydrogen) atoms. The lowest BCUT2D eigenvalue weighted by atomic mass is 10.1. The molecule has 0 aliphatic carbocycles. The lowest BCUT2D eigenvalue weighted by molar-refractivity contribution is -0.785. The molecule has 3 amide bonds. The molecular formula is C32H38N7O6S2+. The molecule has 2 heterocycles. The maximum atomic E-state index is 14.0. The summed E-state index contributed by atoms with van der Waals surface area (Å²) in [7, 11) is -4.28. The molecule has 1 fully saturated rings. The van der Waals surface area contributed by atoms with E-state index in [0.29, 0.717) is 29.1 Å². The third-order valence-electron chi connectivity index (χ3n) is 8.71. The van der Waals surface area contributed by atoms with Crippen molar-refractivity contribution >= 4 is 66.0 Å². The number of Topliss-reactive ketones (excluding diaryl/α,β-unsaturated/α-hetero) is 1. The van der Waals surface area contributed by atoms with Gasteiger partial charge in [-0.15, -0.1) is 11.3 Å². The zero-order valence-corrected chi connectivity index (χ0v) is 27.5. The van der Waals surface area contributed by atoms with Crippen molar-refractivity contribution in [3.05, 3.63) is 71.7 Å². The van der Waals surface area contributed by atoms with Crippen molar-refractivity contribution in [1.82, 2.24) is 14.6 Å². The average Bonchev–Trinajstić information content (AvgIpc) is 3.68. The summed E-state index contributed by atoms with van der Waals surface area (Å²) in [4.78, 5) is 45.8. The standard InChI is InChI=1S/C32H37N7O6S2/c1-20-9-8-18-39(20,30(42)23(33)19-40)32(43)37-25(28(41)29-36-24-13-4-5-15-26(24)46-29)14-7-17-38(31(34)35)47(44,45)27-16-6-11-21-10-2-3-12-22(21)27/h2-6,10-13,15-16,20,23,25,40H,7-9,14,17-19,33H2,1H3,(H3-,34,35,37,43)/p+1/t20-,23+,25?,39?/m1/s1. The van der Waals surface area contributed by atoms with Crippen LogP contribution in [0.15, 0.2) is 71.6 Å². The number of aromatic nitrogens is 1. The number of aliphatic hydroxyl groups is 1. The average molecular weight is 681 g/mol. The van der Waals surface area contributed by atoms with E-state index in [9.17, 15) is 27.9 Å². The second kappa shape index (κ2) is 13.8. The number of aliphatic hydroxyl groups excluding tert-OH is 1. The Labute approximate surface area is 276 Å². The van der Waals surface area contributed by atoms with Crippen LogP contribution in [0.25, 0.3) is 21.0 Å². The molecule has 1 aliphatic rings. The smallest absolute Gasteiger partial charge is 0.394 e. The van der Waals surface area contributed by atoms with Gasteiger partial charge < -0.3 is 16.6 Å². The number of sulfonamides is 1. The Bertz CT molecular complexity index is 1910. The topological polar surface area (TPSA) is 210 Å². The van der Waals surface area contributed by atoms with E-state index in [1.165, 1.54) is 6.07 Å². The maximum Gasteiger partial charge on any atom is 0.424 e. The summed E-state index contributed by atoms with van der Waals surface area (Å²) in [5.41, 5.74) is 12.3. The van der Waals surface area contributed by atoms with Crippen molar-refractivity contribution in [2.45, 2.75) is 55.6 Å². The molecule has 2 unspecified atom stereocenters. The highest BCUT2D eigenvalue weighted by Gasteiger charge is 2.54. The lowest BCUT2D eigenvalue weighted by Gasteiger charge is -2.35. The molecule has 0 spiro atoms. The highest BCUT2D eigenvalue weighted by atomic mass is 32.2. The molecule has 1 saturated heterocycles. The Kier molecular flexibility index (Phi) is 10.0. The van der Waals surface area contributed by atoms with Gasteiger partial charge in [-0.05, 0) is 43.4 Å². The molecule has 248 valence electrons. The van der Waals surface area contributed by atoms with Gasteiger partial charge in [-0.3, -0.25) is 15.5 Å². The molecule has 0 bridgehead atoms. The summed E-state index contributed by atoms with van der Waals surface area (Å²) >= 11 is 1.16. The summed E-state index contributed by atoms with van der Waals surface area (Å²) in [6, 6.07) is 15.3. The number of amides is 3. The number of hydrogen-bond donors (Lipinski definition) is 5. The van der Waals surface area contributed by atoms with Crippen LogP contribution >= 0.6 is 11.3 Å². The zero-order chi connectivity index (χ0) is 33.9. The minimum Gasteiger partial charge on any atom is -0.394 e. The summed E-state index contributed by atoms with van der Waals surface area (Å²) in [6.45, 7) is 1.01. The van der Waals surface area contributed by atoms with Gasteiger partial charge in [0.15, 0.2) is 5.01 Å². The minimum absolute atomic E-state index is 0.0187. The van der Waals surface area contributed by atoms with Crippen molar-refractivity contribution in [1.29, 1.82) is 5.41 Å². The molecular weight excluding hydrogens is 643 g/mol. The molecule has 0 saturated carbocycles. The largest absolute Gasteiger partial charge is 0.424 e. The fraction of sp³-hybridized carbons (Fsp3) is 0.344. The fourth-order valence-electron chi connectivity index (χ4n) is 6.19. The number of imide groups is 1. The Hall–Kier alpha value is -4.28. The van der Waals surface area contributed by atoms with Crippen molar-refractivity contribution in [3.63, 3.8) is 0 Å². The highest BCUT2D eigenvalue weighted by Crippen LogP contribution is 2.30. The number of nitrogens with zero attached hydrogens (tertiary/aromatic N) is 3. The van der Waals surface area contributed by atoms with Crippen LogP contribution in [0.3, 0.4) is 0 Å². The fourth-order valence-corrected chi connectivity index (χ4v) is 8.73. The minimum atomic E-state index is -4.28. The van der Waals surface area contributed by atoms with E-state index in [2.05, 4.69) is 10.3 Å². The number of urea groups is 1. The number of para-hydroxylation sites is 1. The van der Waals surface area contributed by atoms with E-state index in [1.54, 1.807) is 55.5 Å². The molecule has 4 aromatic rings. The van der Waals surface area contributed by atoms with Crippen molar-refractivity contribution < 1.29 is 32.4 Å². The number of likely N-dealkylation sites (tertiary alicyclic amines) is 1. The van der Waals surface area contributed by atoms with Crippen LogP contribution in [0, 0.1) is 5.41 Å². The third-order valence-corrected chi connectivity index (χ3v) is 11.6. The SMILES string of the molecule is C[C@@H]1CCC[N+]1(C(=O)NC(CCCN(C(=N)N)S(=O)(=O)c1cccc2ccccc12)C(=O)c1nc2ccccc2s1)C(=O)[C@@H](N)CO. The number of benzene rings is 3. The molecule has 5 rings (SSSR count). The molecule has 15 heteroatoms. The monoisotopic (exact) mass is 680 g/mol. The number of nitrogens with two attached hydrogens (primary N) is 2. The first-order valence-electron chi connectivity index (χ1n) is 15.3. The van der Waals surface area contributed by atoms with Crippen LogP contribution in [0.1, 0.15) is 42.4 Å². The van der Waals surface area contributed by atoms with E-state index in [4.69, 9.17) is 16.9 Å². The molecule has 7 N–H and O–H groups in total. The second-order valence-corrected chi connectivity index (χ2v) is 14.5. The van der Waals surface area contributed by atoms with Gasteiger partial charge in [-0.2, -0.15) is 4.48 Å². The number of ketones is 1. The predicted octanol–water partition coefficient (Wildman–Crippen LogP) is 2.92. The highest BCUT2D eigenvalue weighted by molar-refractivity contribution is 7.90. The van der Waals surface area contributed by atoms with E-state index in [-0.39, 0.29) is 35.8 Å². The Balaban J connectivity index is 1.44. The third kappa shape index (κ3) is 6.49. The van der Waals surface area contributed by atoms with Crippen LogP contribution in [0.5, 0.6) is 0 Å². The van der Waals surface area contributed by atoms with Gasteiger partial charge in [0.2, 0.25) is 11.7 Å². The number of carbonyl (C=O) groups is 3. The lowest BCUT2D eigenvalue weighted by Crippen LogP contribution is -2.68. The number of carbonyl (C=O) groups excluding carboxylic acids is 3. The Morgan fingerprint density at radius 1 is 1.13 bits per heavy atom. The molecule has 4 atom stereocenters. The van der Waals surface area contributed by atoms with Gasteiger partial charge in [0.25, 0.3) is 10.0 Å². The molecule has 1 aliphatic heterocycles. The Morgan fingerprint density at radius 2 is 1.83 bits per heavy atom. The summed E-state index contributed by atoms with van der Waals surface area (Å²) in [5.74, 6) is -1.85. The van der Waals surface area contributed by atoms with Crippen molar-refractivity contribution in [3.8, 4) is 0 Å². The summed E-state index contributed by atoms with van der Waals surface area (Å²) in [5, 5.41) is 21.8. The van der Waals surface area contributed by atoms with Crippen molar-refractivity contribution in [2.24, 2.45) is 11.5 Å². The van der Waals surface area contributed by atoms with Gasteiger partial charge in [-0.1, -0.05) is 48.5 Å². The van der Waals surface area contributed by atoms with Gasteiger partial charge in [-0.25, -0.2) is 27.3 Å². The first kappa shape index (κ1) is 34.1. The first-order valence-corrected chi connectivity index (χ1v) is 17.5. The van der Waals surface area contributed by atoms with Crippen LogP contribution in [-0.4, -0.2) is 88.8 Å². The number of guanidine groups is 1. The quantitative estimate of drug-likeness (QED) is 0.0682. The van der Waals surface area contributed by atoms with E-state index in [1.807, 2.05) is 12.1 Å². The maximum absolute atomic E-state index is 14.0. The molecule has 0 radical (unpaired) electrons. The van der Waals surface area contributed by atoms with E-state index < -0.39 is 62.9 Å². The molecule has 13 nitrogen and oxygen atoms in total. The number of nitrogens with one attached hydrogen (secondary N) is 2. The van der Waals surface area contributed by atoms with Crippen LogP contribution in [0.4, 0.5) is 4.79 Å². The normalized spacial score (nSPS) is 19.3. The van der Waals surface area contributed by atoms with E-state index >= 15 is 0 Å². The van der Waals surface area contributed by atoms with Crippen LogP contribution in [-0.2, 0) is 14.8 Å². The summed E-state index contributed by atoms with van der Waals surface area (Å²) < 4.78 is 28.5. The molecule has 3 aromatic carbocycles. The number of hydrogen-bond acceptors (Lipinski definition) is 10. The second-order valence-electron chi connectivity index (χ2n) is 11.6. The van der Waals surface area contributed by atoms with Crippen LogP contribution < -0.4 is 16.8 Å². The first-order chi connectivity index (χ1) is 22.4. The summed E-state index contributed by atoms with van der Waals surface area (Å²) in [6.07, 6.45) is 1.09. The number of thiazole rings is 1. The number of rotatable bonds is 11. The molecule has 1 aromatic heterocycles.